The van der Waals surface area contributed by atoms with Gasteiger partial charge >= 0.3 is 0 Å². The first-order valence-corrected chi connectivity index (χ1v) is 11.4. The molecule has 0 aliphatic heterocycles. The van der Waals surface area contributed by atoms with Gasteiger partial charge in [-0.3, -0.25) is 4.79 Å². The number of anilines is 1. The maximum Gasteiger partial charge on any atom is 0.256 e. The minimum absolute atomic E-state index is 0.0812. The van der Waals surface area contributed by atoms with Crippen molar-refractivity contribution in [3.63, 3.8) is 0 Å². The highest BCUT2D eigenvalue weighted by atomic mass is 16.1. The monoisotopic (exact) mass is 427 g/mol. The summed E-state index contributed by atoms with van der Waals surface area (Å²) in [7, 11) is 0. The molecule has 6 aromatic rings. The number of hydrogen-bond donors (Lipinski definition) is 1. The molecule has 0 fully saturated rings. The van der Waals surface area contributed by atoms with Gasteiger partial charge in [-0.1, -0.05) is 93.6 Å². The summed E-state index contributed by atoms with van der Waals surface area (Å²) in [6, 6.07) is 31.4. The Balaban J connectivity index is 1.51. The van der Waals surface area contributed by atoms with Crippen LogP contribution < -0.4 is 5.32 Å². The minimum Gasteiger partial charge on any atom is -0.322 e. The molecular formula is C31H25NO. The van der Waals surface area contributed by atoms with E-state index in [0.29, 0.717) is 5.56 Å². The molecule has 0 aliphatic carbocycles. The third-order valence-corrected chi connectivity index (χ3v) is 6.78. The van der Waals surface area contributed by atoms with Gasteiger partial charge in [0.05, 0.1) is 0 Å². The van der Waals surface area contributed by atoms with Crippen molar-refractivity contribution in [1.29, 1.82) is 0 Å². The Morgan fingerprint density at radius 2 is 1.15 bits per heavy atom. The van der Waals surface area contributed by atoms with Gasteiger partial charge in [-0.05, 0) is 72.3 Å². The van der Waals surface area contributed by atoms with E-state index in [-0.39, 0.29) is 11.3 Å². The zero-order chi connectivity index (χ0) is 22.7. The molecule has 6 rings (SSSR count). The first kappa shape index (κ1) is 19.8. The fourth-order valence-electron chi connectivity index (χ4n) is 5.10. The van der Waals surface area contributed by atoms with Crippen LogP contribution in [0.15, 0.2) is 91.0 Å². The lowest BCUT2D eigenvalue weighted by molar-refractivity contribution is 0.102. The van der Waals surface area contributed by atoms with Crippen LogP contribution in [0.2, 0.25) is 0 Å². The second-order valence-electron chi connectivity index (χ2n) is 9.88. The maximum absolute atomic E-state index is 13.4. The molecule has 33 heavy (non-hydrogen) atoms. The molecule has 0 atom stereocenters. The Hall–Kier alpha value is -3.91. The van der Waals surface area contributed by atoms with Crippen LogP contribution in [-0.2, 0) is 5.41 Å². The van der Waals surface area contributed by atoms with Crippen LogP contribution in [-0.4, -0.2) is 5.91 Å². The zero-order valence-corrected chi connectivity index (χ0v) is 19.1. The van der Waals surface area contributed by atoms with Crippen molar-refractivity contribution in [2.45, 2.75) is 26.2 Å². The highest BCUT2D eigenvalue weighted by Crippen LogP contribution is 2.41. The first-order valence-electron chi connectivity index (χ1n) is 11.4. The number of nitrogens with one attached hydrogen (secondary N) is 1. The van der Waals surface area contributed by atoms with E-state index in [1.165, 1.54) is 37.9 Å². The van der Waals surface area contributed by atoms with Gasteiger partial charge in [0.2, 0.25) is 0 Å². The van der Waals surface area contributed by atoms with Gasteiger partial charge in [-0.15, -0.1) is 0 Å². The molecule has 0 saturated carbocycles. The van der Waals surface area contributed by atoms with Crippen LogP contribution in [0.3, 0.4) is 0 Å². The second-order valence-corrected chi connectivity index (χ2v) is 9.88. The topological polar surface area (TPSA) is 29.1 Å². The highest BCUT2D eigenvalue weighted by Gasteiger charge is 2.18. The minimum atomic E-state index is -0.0840. The fraction of sp³-hybridized carbons (Fsp3) is 0.129. The molecule has 6 aromatic carbocycles. The summed E-state index contributed by atoms with van der Waals surface area (Å²) in [4.78, 5) is 13.4. The summed E-state index contributed by atoms with van der Waals surface area (Å²) in [5.74, 6) is -0.0840. The standard InChI is InChI=1S/C31H25NO/c1-31(2,3)20-13-15-21(16-14-20)32-30(33)27-18-17-26-23-10-5-8-19-7-4-9-22(28(19)23)24-11-6-12-25(27)29(24)26/h4-18H,1-3H3,(H,32,33). The van der Waals surface area contributed by atoms with Gasteiger partial charge in [0.1, 0.15) is 0 Å². The van der Waals surface area contributed by atoms with Crippen molar-refractivity contribution in [2.24, 2.45) is 0 Å². The van der Waals surface area contributed by atoms with Gasteiger partial charge in [0.15, 0.2) is 0 Å². The smallest absolute Gasteiger partial charge is 0.256 e. The molecule has 0 radical (unpaired) electrons. The van der Waals surface area contributed by atoms with Crippen molar-refractivity contribution < 1.29 is 4.79 Å². The van der Waals surface area contributed by atoms with Gasteiger partial charge in [-0.25, -0.2) is 0 Å². The van der Waals surface area contributed by atoms with Crippen LogP contribution in [0.25, 0.3) is 43.1 Å². The quantitative estimate of drug-likeness (QED) is 0.219. The summed E-state index contributed by atoms with van der Waals surface area (Å²) in [5, 5.41) is 12.6. The molecule has 160 valence electrons. The Morgan fingerprint density at radius 3 is 1.79 bits per heavy atom. The predicted octanol–water partition coefficient (Wildman–Crippen LogP) is 8.29. The normalized spacial score (nSPS) is 12.2. The number of hydrogen-bond acceptors (Lipinski definition) is 1. The van der Waals surface area contributed by atoms with Crippen molar-refractivity contribution in [3.05, 3.63) is 102 Å². The lowest BCUT2D eigenvalue weighted by atomic mass is 9.87. The molecule has 2 heteroatoms. The summed E-state index contributed by atoms with van der Waals surface area (Å²) < 4.78 is 0. The summed E-state index contributed by atoms with van der Waals surface area (Å²) in [5.41, 5.74) is 2.83. The van der Waals surface area contributed by atoms with E-state index >= 15 is 0 Å². The van der Waals surface area contributed by atoms with E-state index in [1.54, 1.807) is 0 Å². The lowest BCUT2D eigenvalue weighted by Gasteiger charge is -2.19. The Bertz CT molecular complexity index is 1620. The molecule has 1 N–H and O–H groups in total. The number of benzene rings is 6. The molecule has 0 saturated heterocycles. The van der Waals surface area contributed by atoms with Crippen LogP contribution in [0.4, 0.5) is 5.69 Å². The molecular weight excluding hydrogens is 402 g/mol. The SMILES string of the molecule is CC(C)(C)c1ccc(NC(=O)c2ccc3c4cccc5cccc(c6cccc2c63)c54)cc1. The third kappa shape index (κ3) is 3.06. The Kier molecular flexibility index (Phi) is 4.22. The Labute approximate surface area is 193 Å². The van der Waals surface area contributed by atoms with Crippen LogP contribution >= 0.6 is 0 Å². The molecule has 0 spiro atoms. The summed E-state index contributed by atoms with van der Waals surface area (Å²) in [6.45, 7) is 6.57. The molecule has 0 heterocycles. The lowest BCUT2D eigenvalue weighted by Crippen LogP contribution is -2.14. The van der Waals surface area contributed by atoms with E-state index in [1.807, 2.05) is 18.2 Å². The average Bonchev–Trinajstić information content (AvgIpc) is 2.81. The number of fused-ring (bicyclic) bond motifs is 2. The van der Waals surface area contributed by atoms with Crippen molar-refractivity contribution in [2.75, 3.05) is 5.32 Å². The molecule has 2 nitrogen and oxygen atoms in total. The van der Waals surface area contributed by atoms with Gasteiger partial charge in [0.25, 0.3) is 5.91 Å². The van der Waals surface area contributed by atoms with E-state index < -0.39 is 0 Å². The van der Waals surface area contributed by atoms with E-state index in [9.17, 15) is 4.79 Å². The van der Waals surface area contributed by atoms with Crippen molar-refractivity contribution >= 4 is 54.7 Å². The second kappa shape index (κ2) is 7.05. The largest absolute Gasteiger partial charge is 0.322 e. The predicted molar refractivity (Wildman–Crippen MR) is 141 cm³/mol. The molecule has 1 amide bonds. The maximum atomic E-state index is 13.4. The van der Waals surface area contributed by atoms with Crippen molar-refractivity contribution in [3.8, 4) is 0 Å². The van der Waals surface area contributed by atoms with Gasteiger partial charge in [0, 0.05) is 11.3 Å². The average molecular weight is 428 g/mol. The van der Waals surface area contributed by atoms with E-state index in [2.05, 4.69) is 98.9 Å². The number of rotatable bonds is 2. The molecule has 0 aliphatic rings. The Morgan fingerprint density at radius 1 is 0.606 bits per heavy atom. The molecule has 0 unspecified atom stereocenters. The van der Waals surface area contributed by atoms with E-state index in [0.717, 1.165) is 16.5 Å². The van der Waals surface area contributed by atoms with Gasteiger partial charge < -0.3 is 5.32 Å². The summed E-state index contributed by atoms with van der Waals surface area (Å²) in [6.07, 6.45) is 0. The van der Waals surface area contributed by atoms with Gasteiger partial charge in [-0.2, -0.15) is 0 Å². The van der Waals surface area contributed by atoms with Crippen LogP contribution in [0.5, 0.6) is 0 Å². The number of carbonyl (C=O) groups is 1. The number of amides is 1. The first-order chi connectivity index (χ1) is 15.9. The van der Waals surface area contributed by atoms with Crippen LogP contribution in [0, 0.1) is 0 Å². The van der Waals surface area contributed by atoms with Crippen molar-refractivity contribution in [1.82, 2.24) is 0 Å². The van der Waals surface area contributed by atoms with E-state index in [4.69, 9.17) is 0 Å². The molecule has 0 aromatic heterocycles. The zero-order valence-electron chi connectivity index (χ0n) is 19.1. The van der Waals surface area contributed by atoms with Crippen LogP contribution in [0.1, 0.15) is 36.7 Å². The number of carbonyl (C=O) groups excluding carboxylic acids is 1. The third-order valence-electron chi connectivity index (χ3n) is 6.78. The highest BCUT2D eigenvalue weighted by molar-refractivity contribution is 6.34. The molecule has 0 bridgehead atoms. The summed E-state index contributed by atoms with van der Waals surface area (Å²) >= 11 is 0. The fourth-order valence-corrected chi connectivity index (χ4v) is 5.10.